The van der Waals surface area contributed by atoms with Crippen LogP contribution in [0.4, 0.5) is 0 Å². The van der Waals surface area contributed by atoms with E-state index in [1.807, 2.05) is 0 Å². The number of hydrogen-bond donors (Lipinski definition) is 1. The van der Waals surface area contributed by atoms with E-state index < -0.39 is 0 Å². The Hall–Kier alpha value is -1.30. The maximum atomic E-state index is 12.0. The van der Waals surface area contributed by atoms with Crippen molar-refractivity contribution in [3.8, 4) is 0 Å². The van der Waals surface area contributed by atoms with Gasteiger partial charge in [-0.1, -0.05) is 23.2 Å². The number of carbonyl (C=O) groups excluding carboxylic acids is 2. The van der Waals surface area contributed by atoms with Crippen molar-refractivity contribution in [3.63, 3.8) is 0 Å². The van der Waals surface area contributed by atoms with E-state index in [-0.39, 0.29) is 24.5 Å². The maximum absolute atomic E-state index is 12.0. The molecule has 108 valence electrons. The first kappa shape index (κ1) is 15.1. The number of hydrogen-bond acceptors (Lipinski definition) is 3. The number of rotatable bonds is 3. The van der Waals surface area contributed by atoms with E-state index in [1.165, 1.54) is 6.07 Å². The zero-order valence-corrected chi connectivity index (χ0v) is 12.4. The Kier molecular flexibility index (Phi) is 4.86. The molecule has 2 amide bonds. The summed E-state index contributed by atoms with van der Waals surface area (Å²) in [5.41, 5.74) is 0.358. The van der Waals surface area contributed by atoms with Crippen molar-refractivity contribution in [2.75, 3.05) is 26.7 Å². The smallest absolute Gasteiger partial charge is 0.252 e. The Balaban J connectivity index is 1.91. The van der Waals surface area contributed by atoms with Gasteiger partial charge in [-0.2, -0.15) is 0 Å². The van der Waals surface area contributed by atoms with Crippen LogP contribution in [0.15, 0.2) is 18.2 Å². The molecule has 1 heterocycles. The third-order valence-corrected chi connectivity index (χ3v) is 3.56. The van der Waals surface area contributed by atoms with Crippen LogP contribution in [-0.4, -0.2) is 49.6 Å². The average molecular weight is 317 g/mol. The molecule has 1 N–H and O–H groups in total. The molecule has 1 atom stereocenters. The summed E-state index contributed by atoms with van der Waals surface area (Å²) in [5.74, 6) is -0.358. The van der Waals surface area contributed by atoms with Crippen molar-refractivity contribution in [1.29, 1.82) is 0 Å². The second-order valence-corrected chi connectivity index (χ2v) is 5.39. The quantitative estimate of drug-likeness (QED) is 0.921. The maximum Gasteiger partial charge on any atom is 0.252 e. The number of nitrogens with zero attached hydrogens (tertiary/aromatic N) is 1. The number of benzene rings is 1. The number of morpholine rings is 1. The lowest BCUT2D eigenvalue weighted by Crippen LogP contribution is -2.48. The normalized spacial score (nSPS) is 19.1. The molecular weight excluding hydrogens is 303 g/mol. The van der Waals surface area contributed by atoms with Gasteiger partial charge in [-0.15, -0.1) is 0 Å². The molecule has 5 nitrogen and oxygen atoms in total. The predicted molar refractivity (Wildman–Crippen MR) is 76.2 cm³/mol. The summed E-state index contributed by atoms with van der Waals surface area (Å²) in [6.45, 7) is 0.807. The van der Waals surface area contributed by atoms with E-state index in [2.05, 4.69) is 5.32 Å². The number of nitrogens with one attached hydrogen (secondary N) is 1. The molecule has 7 heteroatoms. The molecule has 0 aromatic heterocycles. The molecular formula is C13H14Cl2N2O3. The van der Waals surface area contributed by atoms with Crippen molar-refractivity contribution in [3.05, 3.63) is 33.8 Å². The second kappa shape index (κ2) is 6.43. The van der Waals surface area contributed by atoms with E-state index in [1.54, 1.807) is 24.1 Å². The van der Waals surface area contributed by atoms with Gasteiger partial charge in [-0.3, -0.25) is 9.59 Å². The van der Waals surface area contributed by atoms with Crippen molar-refractivity contribution in [2.45, 2.75) is 6.10 Å². The van der Waals surface area contributed by atoms with Gasteiger partial charge >= 0.3 is 0 Å². The Bertz CT molecular complexity index is 536. The molecule has 1 fully saturated rings. The van der Waals surface area contributed by atoms with Gasteiger partial charge in [0.2, 0.25) is 5.91 Å². The van der Waals surface area contributed by atoms with Crippen LogP contribution in [0.5, 0.6) is 0 Å². The summed E-state index contributed by atoms with van der Waals surface area (Å²) in [6, 6.07) is 4.69. The highest BCUT2D eigenvalue weighted by Gasteiger charge is 2.24. The molecule has 1 unspecified atom stereocenters. The minimum atomic E-state index is -0.296. The van der Waals surface area contributed by atoms with Crippen LogP contribution < -0.4 is 5.32 Å². The van der Waals surface area contributed by atoms with E-state index in [0.717, 1.165) is 0 Å². The van der Waals surface area contributed by atoms with Crippen molar-refractivity contribution in [1.82, 2.24) is 10.2 Å². The van der Waals surface area contributed by atoms with E-state index in [0.29, 0.717) is 28.7 Å². The molecule has 2 rings (SSSR count). The van der Waals surface area contributed by atoms with Crippen LogP contribution >= 0.6 is 23.2 Å². The standard InChI is InChI=1S/C13H14Cl2N2O3/c1-17-6-9(20-7-12(17)18)5-16-13(19)10-3-2-8(14)4-11(10)15/h2-4,9H,5-7H2,1H3,(H,16,19). The Morgan fingerprint density at radius 1 is 1.50 bits per heavy atom. The third kappa shape index (κ3) is 3.62. The van der Waals surface area contributed by atoms with Crippen LogP contribution in [-0.2, 0) is 9.53 Å². The average Bonchev–Trinajstić information content (AvgIpc) is 2.40. The topological polar surface area (TPSA) is 58.6 Å². The van der Waals surface area contributed by atoms with Crippen molar-refractivity contribution >= 4 is 35.0 Å². The largest absolute Gasteiger partial charge is 0.365 e. The van der Waals surface area contributed by atoms with Gasteiger partial charge < -0.3 is 15.0 Å². The van der Waals surface area contributed by atoms with Crippen LogP contribution in [0.2, 0.25) is 10.0 Å². The summed E-state index contributed by atoms with van der Waals surface area (Å²) >= 11 is 11.7. The van der Waals surface area contributed by atoms with Crippen LogP contribution in [0, 0.1) is 0 Å². The molecule has 1 aliphatic rings. The van der Waals surface area contributed by atoms with E-state index in [4.69, 9.17) is 27.9 Å². The molecule has 0 radical (unpaired) electrons. The summed E-state index contributed by atoms with van der Waals surface area (Å²) in [5, 5.41) is 3.51. The van der Waals surface area contributed by atoms with E-state index in [9.17, 15) is 9.59 Å². The third-order valence-electron chi connectivity index (χ3n) is 3.01. The van der Waals surface area contributed by atoms with Crippen LogP contribution in [0.1, 0.15) is 10.4 Å². The zero-order chi connectivity index (χ0) is 14.7. The lowest BCUT2D eigenvalue weighted by molar-refractivity contribution is -0.146. The van der Waals surface area contributed by atoms with Gasteiger partial charge in [-0.25, -0.2) is 0 Å². The van der Waals surface area contributed by atoms with Crippen molar-refractivity contribution < 1.29 is 14.3 Å². The lowest BCUT2D eigenvalue weighted by atomic mass is 10.2. The molecule has 1 aliphatic heterocycles. The van der Waals surface area contributed by atoms with Gasteiger partial charge in [0.05, 0.1) is 16.7 Å². The first-order chi connectivity index (χ1) is 9.47. The molecule has 0 bridgehead atoms. The van der Waals surface area contributed by atoms with Gasteiger partial charge in [0.1, 0.15) is 6.61 Å². The molecule has 0 saturated carbocycles. The van der Waals surface area contributed by atoms with Crippen molar-refractivity contribution in [2.24, 2.45) is 0 Å². The summed E-state index contributed by atoms with van der Waals surface area (Å²) in [7, 11) is 1.70. The molecule has 1 aromatic rings. The number of carbonyl (C=O) groups is 2. The van der Waals surface area contributed by atoms with Gasteiger partial charge in [0, 0.05) is 25.2 Å². The van der Waals surface area contributed by atoms with Crippen LogP contribution in [0.3, 0.4) is 0 Å². The second-order valence-electron chi connectivity index (χ2n) is 4.54. The number of ether oxygens (including phenoxy) is 1. The SMILES string of the molecule is CN1CC(CNC(=O)c2ccc(Cl)cc2Cl)OCC1=O. The van der Waals surface area contributed by atoms with Gasteiger partial charge in [0.25, 0.3) is 5.91 Å². The predicted octanol–water partition coefficient (Wildman–Crippen LogP) is 1.58. The lowest BCUT2D eigenvalue weighted by Gasteiger charge is -2.29. The number of amides is 2. The molecule has 20 heavy (non-hydrogen) atoms. The fourth-order valence-corrected chi connectivity index (χ4v) is 2.35. The highest BCUT2D eigenvalue weighted by molar-refractivity contribution is 6.36. The highest BCUT2D eigenvalue weighted by Crippen LogP contribution is 2.20. The van der Waals surface area contributed by atoms with E-state index >= 15 is 0 Å². The van der Waals surface area contributed by atoms with Gasteiger partial charge in [-0.05, 0) is 18.2 Å². The zero-order valence-electron chi connectivity index (χ0n) is 10.9. The number of halogens is 2. The Morgan fingerprint density at radius 2 is 2.25 bits per heavy atom. The summed E-state index contributed by atoms with van der Waals surface area (Å²) in [4.78, 5) is 24.8. The number of likely N-dealkylation sites (N-methyl/N-ethyl adjacent to an activating group) is 1. The fraction of sp³-hybridized carbons (Fsp3) is 0.385. The summed E-state index contributed by atoms with van der Waals surface area (Å²) in [6.07, 6.45) is -0.215. The molecule has 1 aromatic carbocycles. The van der Waals surface area contributed by atoms with Crippen LogP contribution in [0.25, 0.3) is 0 Å². The molecule has 0 aliphatic carbocycles. The fourth-order valence-electron chi connectivity index (χ4n) is 1.86. The Morgan fingerprint density at radius 3 is 2.90 bits per heavy atom. The van der Waals surface area contributed by atoms with Gasteiger partial charge in [0.15, 0.2) is 0 Å². The molecule has 0 spiro atoms. The first-order valence-corrected chi connectivity index (χ1v) is 6.82. The highest BCUT2D eigenvalue weighted by atomic mass is 35.5. The Labute approximate surface area is 126 Å². The first-order valence-electron chi connectivity index (χ1n) is 6.06. The molecule has 1 saturated heterocycles. The minimum Gasteiger partial charge on any atom is -0.365 e. The summed E-state index contributed by atoms with van der Waals surface area (Å²) < 4.78 is 5.34. The minimum absolute atomic E-state index is 0.0404. The monoisotopic (exact) mass is 316 g/mol.